The van der Waals surface area contributed by atoms with Gasteiger partial charge < -0.3 is 23.7 Å². The molecule has 50 heavy (non-hydrogen) atoms. The molecule has 0 spiro atoms. The van der Waals surface area contributed by atoms with Crippen molar-refractivity contribution in [2.75, 3.05) is 4.90 Å². The quantitative estimate of drug-likeness (QED) is 0.176. The third-order valence-electron chi connectivity index (χ3n) is 10.7. The third kappa shape index (κ3) is 3.62. The molecule has 0 saturated carbocycles. The highest BCUT2D eigenvalue weighted by Gasteiger charge is 2.40. The van der Waals surface area contributed by atoms with Crippen LogP contribution in [0.3, 0.4) is 0 Å². The minimum absolute atomic E-state index is 0.0130. The van der Waals surface area contributed by atoms with Gasteiger partial charge in [-0.25, -0.2) is 0 Å². The molecule has 0 fully saturated rings. The van der Waals surface area contributed by atoms with Gasteiger partial charge in [-0.1, -0.05) is 78.9 Å². The lowest BCUT2D eigenvalue weighted by molar-refractivity contribution is 0.464. The van der Waals surface area contributed by atoms with Crippen molar-refractivity contribution < 1.29 is 14.2 Å². The van der Waals surface area contributed by atoms with Gasteiger partial charge >= 0.3 is 0 Å². The molecule has 3 aliphatic rings. The Kier molecular flexibility index (Phi) is 5.54. The van der Waals surface area contributed by atoms with Crippen molar-refractivity contribution in [2.24, 2.45) is 0 Å². The van der Waals surface area contributed by atoms with Gasteiger partial charge in [-0.05, 0) is 90.5 Å². The molecule has 0 unspecified atom stereocenters. The zero-order valence-corrected chi connectivity index (χ0v) is 27.5. The zero-order chi connectivity index (χ0) is 33.1. The SMILES string of the molecule is Cc1c2c(c3c(c1C)c1ccccc1n3-c1ccc3c(c1)Oc1cccc4c1B3c1ccccc1O4)Oc1ccccc1N2c1ccccc1. The summed E-state index contributed by atoms with van der Waals surface area (Å²) >= 11 is 0. The zero-order valence-electron chi connectivity index (χ0n) is 27.5. The van der Waals surface area contributed by atoms with Crippen molar-refractivity contribution in [3.63, 3.8) is 0 Å². The minimum Gasteiger partial charge on any atom is -0.458 e. The summed E-state index contributed by atoms with van der Waals surface area (Å²) in [5.41, 5.74) is 12.1. The predicted octanol–water partition coefficient (Wildman–Crippen LogP) is 9.70. The minimum atomic E-state index is 0.0130. The number of ether oxygens (including phenoxy) is 3. The average molecular weight is 645 g/mol. The lowest BCUT2D eigenvalue weighted by atomic mass is 9.35. The van der Waals surface area contributed by atoms with Gasteiger partial charge in [0.05, 0.1) is 22.4 Å². The smallest absolute Gasteiger partial charge is 0.260 e. The van der Waals surface area contributed by atoms with E-state index in [1.165, 1.54) is 21.9 Å². The molecule has 1 aromatic heterocycles. The van der Waals surface area contributed by atoms with Gasteiger partial charge in [0, 0.05) is 33.7 Å². The third-order valence-corrected chi connectivity index (χ3v) is 10.7. The maximum atomic E-state index is 7.02. The van der Waals surface area contributed by atoms with Crippen molar-refractivity contribution in [2.45, 2.75) is 13.8 Å². The number of hydrogen-bond acceptors (Lipinski definition) is 4. The largest absolute Gasteiger partial charge is 0.458 e. The van der Waals surface area contributed by atoms with Gasteiger partial charge in [0.1, 0.15) is 23.0 Å². The Morgan fingerprint density at radius 1 is 0.520 bits per heavy atom. The van der Waals surface area contributed by atoms with Crippen LogP contribution in [0.1, 0.15) is 11.1 Å². The van der Waals surface area contributed by atoms with Crippen molar-refractivity contribution >= 4 is 62.0 Å². The number of rotatable bonds is 2. The van der Waals surface area contributed by atoms with Crippen molar-refractivity contribution in [1.82, 2.24) is 4.57 Å². The number of aromatic nitrogens is 1. The number of hydrogen-bond donors (Lipinski definition) is 0. The molecular weight excluding hydrogens is 615 g/mol. The summed E-state index contributed by atoms with van der Waals surface area (Å²) in [7, 11) is 0. The summed E-state index contributed by atoms with van der Waals surface area (Å²) in [5, 5.41) is 2.38. The van der Waals surface area contributed by atoms with Gasteiger partial charge in [0.15, 0.2) is 11.5 Å². The Bertz CT molecular complexity index is 2730. The number of anilines is 3. The second kappa shape index (κ2) is 10.1. The molecule has 4 heterocycles. The Morgan fingerprint density at radius 3 is 2.06 bits per heavy atom. The van der Waals surface area contributed by atoms with E-state index >= 15 is 0 Å². The number of aryl methyl sites for hydroxylation is 1. The number of fused-ring (bicyclic) bond motifs is 10. The van der Waals surface area contributed by atoms with Gasteiger partial charge in [-0.3, -0.25) is 0 Å². The summed E-state index contributed by atoms with van der Waals surface area (Å²) in [6, 6.07) is 48.7. The van der Waals surface area contributed by atoms with E-state index in [0.29, 0.717) is 0 Å². The molecule has 7 aromatic carbocycles. The van der Waals surface area contributed by atoms with E-state index in [1.54, 1.807) is 0 Å². The second-order valence-corrected chi connectivity index (χ2v) is 13.3. The summed E-state index contributed by atoms with van der Waals surface area (Å²) < 4.78 is 22.5. The summed E-state index contributed by atoms with van der Waals surface area (Å²) in [4.78, 5) is 2.35. The standard InChI is InChI=1S/C44H29BN2O3/c1-26-27(2)42-44(50-36-20-11-9-18-34(36)46(42)28-13-4-3-5-14-28)43-40(26)30-15-6-8-17-33(30)47(43)29-23-24-32-39(25-29)49-38-22-12-21-37-41(38)45(32)31-16-7-10-19-35(31)48-37/h3-25H,1-2H3. The fourth-order valence-corrected chi connectivity index (χ4v) is 8.42. The molecule has 8 aromatic rings. The Labute approximate surface area is 289 Å². The molecule has 0 N–H and O–H groups in total. The Morgan fingerprint density at radius 2 is 1.20 bits per heavy atom. The first kappa shape index (κ1) is 27.5. The maximum Gasteiger partial charge on any atom is 0.260 e. The predicted molar refractivity (Wildman–Crippen MR) is 203 cm³/mol. The molecule has 0 atom stereocenters. The molecule has 0 radical (unpaired) electrons. The van der Waals surface area contributed by atoms with Gasteiger partial charge in [0.2, 0.25) is 0 Å². The van der Waals surface area contributed by atoms with E-state index in [9.17, 15) is 0 Å². The molecule has 3 aliphatic heterocycles. The van der Waals surface area contributed by atoms with E-state index in [1.807, 2.05) is 30.3 Å². The molecule has 11 rings (SSSR count). The molecular formula is C44H29BN2O3. The van der Waals surface area contributed by atoms with E-state index < -0.39 is 0 Å². The van der Waals surface area contributed by atoms with E-state index in [-0.39, 0.29) is 6.71 Å². The van der Waals surface area contributed by atoms with E-state index in [4.69, 9.17) is 14.2 Å². The molecule has 0 saturated heterocycles. The lowest BCUT2D eigenvalue weighted by Crippen LogP contribution is -2.57. The topological polar surface area (TPSA) is 35.9 Å². The van der Waals surface area contributed by atoms with E-state index in [2.05, 4.69) is 133 Å². The normalized spacial score (nSPS) is 13.4. The molecule has 5 nitrogen and oxygen atoms in total. The summed E-state index contributed by atoms with van der Waals surface area (Å²) in [6.45, 7) is 4.47. The van der Waals surface area contributed by atoms with Crippen LogP contribution in [0.2, 0.25) is 0 Å². The molecule has 0 aliphatic carbocycles. The first-order valence-electron chi connectivity index (χ1n) is 17.1. The molecule has 0 amide bonds. The van der Waals surface area contributed by atoms with Gasteiger partial charge in [-0.15, -0.1) is 0 Å². The van der Waals surface area contributed by atoms with Crippen molar-refractivity contribution in [3.05, 3.63) is 151 Å². The van der Waals surface area contributed by atoms with Crippen molar-refractivity contribution in [3.8, 4) is 40.2 Å². The summed E-state index contributed by atoms with van der Waals surface area (Å²) in [5.74, 6) is 5.07. The van der Waals surface area contributed by atoms with E-state index in [0.717, 1.165) is 84.7 Å². The molecule has 236 valence electrons. The van der Waals surface area contributed by atoms with Crippen LogP contribution in [-0.2, 0) is 0 Å². The lowest BCUT2D eigenvalue weighted by Gasteiger charge is -2.35. The molecule has 6 heteroatoms. The number of nitrogens with zero attached hydrogens (tertiary/aromatic N) is 2. The van der Waals surface area contributed by atoms with Crippen LogP contribution < -0.4 is 35.5 Å². The van der Waals surface area contributed by atoms with Crippen LogP contribution >= 0.6 is 0 Å². The fraction of sp³-hybridized carbons (Fsp3) is 0.0455. The average Bonchev–Trinajstić information content (AvgIpc) is 3.52. The highest BCUT2D eigenvalue weighted by molar-refractivity contribution is 6.98. The van der Waals surface area contributed by atoms with Crippen LogP contribution in [0.15, 0.2) is 140 Å². The van der Waals surface area contributed by atoms with Crippen LogP contribution in [0.4, 0.5) is 17.1 Å². The van der Waals surface area contributed by atoms with Crippen LogP contribution in [0.25, 0.3) is 27.5 Å². The summed E-state index contributed by atoms with van der Waals surface area (Å²) in [6.07, 6.45) is 0. The van der Waals surface area contributed by atoms with Gasteiger partial charge in [-0.2, -0.15) is 0 Å². The molecule has 0 bridgehead atoms. The fourth-order valence-electron chi connectivity index (χ4n) is 8.42. The van der Waals surface area contributed by atoms with Crippen LogP contribution in [0.5, 0.6) is 34.5 Å². The number of benzene rings is 7. The Balaban J connectivity index is 1.20. The monoisotopic (exact) mass is 644 g/mol. The first-order chi connectivity index (χ1) is 24.7. The second-order valence-electron chi connectivity index (χ2n) is 13.3. The Hall–Kier alpha value is -6.40. The number of para-hydroxylation sites is 5. The highest BCUT2D eigenvalue weighted by Crippen LogP contribution is 2.56. The maximum absolute atomic E-state index is 7.02. The first-order valence-corrected chi connectivity index (χ1v) is 17.1. The van der Waals surface area contributed by atoms with Crippen LogP contribution in [-0.4, -0.2) is 11.3 Å². The van der Waals surface area contributed by atoms with Crippen molar-refractivity contribution in [1.29, 1.82) is 0 Å². The van der Waals surface area contributed by atoms with Crippen LogP contribution in [0, 0.1) is 13.8 Å². The highest BCUT2D eigenvalue weighted by atomic mass is 16.5. The van der Waals surface area contributed by atoms with Gasteiger partial charge in [0.25, 0.3) is 6.71 Å².